The second-order valence-corrected chi connectivity index (χ2v) is 3.66. The van der Waals surface area contributed by atoms with Crippen LogP contribution < -0.4 is 0 Å². The molecule has 0 saturated heterocycles. The monoisotopic (exact) mass is 178 g/mol. The van der Waals surface area contributed by atoms with Crippen molar-refractivity contribution in [2.45, 2.75) is 33.3 Å². The van der Waals surface area contributed by atoms with Gasteiger partial charge in [0.25, 0.3) is 0 Å². The molecule has 0 radical (unpaired) electrons. The molecule has 0 spiro atoms. The summed E-state index contributed by atoms with van der Waals surface area (Å²) < 4.78 is 0. The van der Waals surface area contributed by atoms with Gasteiger partial charge in [-0.3, -0.25) is 0 Å². The number of hydrogen-bond acceptors (Lipinski definition) is 1. The standard InChI is InChI=1S/C12H18O/c1-4-9-12(3)10(5-2)7-6-8-11(12)13/h4,6-9,11,13H,5H2,1-3H3. The Balaban J connectivity index is 3.04. The fourth-order valence-electron chi connectivity index (χ4n) is 1.90. The predicted octanol–water partition coefficient (Wildman–Crippen LogP) is 2.84. The lowest BCUT2D eigenvalue weighted by Crippen LogP contribution is -2.32. The van der Waals surface area contributed by atoms with Crippen LogP contribution >= 0.6 is 0 Å². The highest BCUT2D eigenvalue weighted by Gasteiger charge is 2.32. The molecule has 72 valence electrons. The van der Waals surface area contributed by atoms with Crippen LogP contribution in [0.5, 0.6) is 0 Å². The maximum Gasteiger partial charge on any atom is 0.0849 e. The molecular weight excluding hydrogens is 160 g/mol. The van der Waals surface area contributed by atoms with Crippen molar-refractivity contribution < 1.29 is 5.11 Å². The van der Waals surface area contributed by atoms with E-state index in [1.165, 1.54) is 5.57 Å². The molecule has 0 amide bonds. The number of hydrogen-bond donors (Lipinski definition) is 1. The van der Waals surface area contributed by atoms with Gasteiger partial charge in [0, 0.05) is 5.41 Å². The van der Waals surface area contributed by atoms with Gasteiger partial charge in [-0.1, -0.05) is 42.9 Å². The number of rotatable bonds is 2. The zero-order chi connectivity index (χ0) is 9.90. The maximum atomic E-state index is 9.88. The molecule has 0 heterocycles. The normalized spacial score (nSPS) is 33.8. The Bertz CT molecular complexity index is 260. The largest absolute Gasteiger partial charge is 0.388 e. The minimum atomic E-state index is -0.386. The van der Waals surface area contributed by atoms with Gasteiger partial charge in [-0.25, -0.2) is 0 Å². The van der Waals surface area contributed by atoms with E-state index in [0.717, 1.165) is 6.42 Å². The summed E-state index contributed by atoms with van der Waals surface area (Å²) >= 11 is 0. The van der Waals surface area contributed by atoms with Gasteiger partial charge < -0.3 is 5.11 Å². The predicted molar refractivity (Wildman–Crippen MR) is 56.4 cm³/mol. The molecule has 1 N–H and O–H groups in total. The van der Waals surface area contributed by atoms with Crippen LogP contribution in [-0.4, -0.2) is 11.2 Å². The SMILES string of the molecule is CC=CC1(C)C(CC)=CC=CC1O. The van der Waals surface area contributed by atoms with Crippen molar-refractivity contribution in [3.05, 3.63) is 36.0 Å². The van der Waals surface area contributed by atoms with Crippen LogP contribution in [0.4, 0.5) is 0 Å². The minimum Gasteiger partial charge on any atom is -0.388 e. The maximum absolute atomic E-state index is 9.88. The third-order valence-electron chi connectivity index (χ3n) is 2.79. The molecule has 1 heteroatoms. The Morgan fingerprint density at radius 1 is 1.62 bits per heavy atom. The highest BCUT2D eigenvalue weighted by Crippen LogP contribution is 2.37. The number of allylic oxidation sites excluding steroid dienone is 3. The fraction of sp³-hybridized carbons (Fsp3) is 0.500. The van der Waals surface area contributed by atoms with Gasteiger partial charge in [-0.05, 0) is 20.3 Å². The van der Waals surface area contributed by atoms with E-state index >= 15 is 0 Å². The van der Waals surface area contributed by atoms with Gasteiger partial charge in [0.1, 0.15) is 0 Å². The van der Waals surface area contributed by atoms with Crippen molar-refractivity contribution >= 4 is 0 Å². The average molecular weight is 178 g/mol. The molecule has 2 unspecified atom stereocenters. The first kappa shape index (κ1) is 10.3. The highest BCUT2D eigenvalue weighted by atomic mass is 16.3. The Hall–Kier alpha value is -0.820. The lowest BCUT2D eigenvalue weighted by atomic mass is 9.73. The summed E-state index contributed by atoms with van der Waals surface area (Å²) in [5.74, 6) is 0. The summed E-state index contributed by atoms with van der Waals surface area (Å²) in [6.07, 6.45) is 10.6. The molecule has 1 rings (SSSR count). The van der Waals surface area contributed by atoms with E-state index in [1.54, 1.807) is 0 Å². The lowest BCUT2D eigenvalue weighted by molar-refractivity contribution is 0.133. The topological polar surface area (TPSA) is 20.2 Å². The third-order valence-corrected chi connectivity index (χ3v) is 2.79. The van der Waals surface area contributed by atoms with Crippen molar-refractivity contribution in [2.24, 2.45) is 5.41 Å². The summed E-state index contributed by atoms with van der Waals surface area (Å²) in [5, 5.41) is 9.88. The number of aliphatic hydroxyl groups excluding tert-OH is 1. The molecule has 0 bridgehead atoms. The highest BCUT2D eigenvalue weighted by molar-refractivity contribution is 5.33. The fourth-order valence-corrected chi connectivity index (χ4v) is 1.90. The first-order valence-corrected chi connectivity index (χ1v) is 4.85. The zero-order valence-corrected chi connectivity index (χ0v) is 8.62. The molecule has 1 aliphatic carbocycles. The van der Waals surface area contributed by atoms with E-state index in [2.05, 4.69) is 26.0 Å². The second-order valence-electron chi connectivity index (χ2n) is 3.66. The molecule has 0 fully saturated rings. The van der Waals surface area contributed by atoms with Crippen molar-refractivity contribution in [3.63, 3.8) is 0 Å². The Kier molecular flexibility index (Phi) is 3.10. The van der Waals surface area contributed by atoms with Gasteiger partial charge in [0.2, 0.25) is 0 Å². The van der Waals surface area contributed by atoms with E-state index in [4.69, 9.17) is 0 Å². The van der Waals surface area contributed by atoms with Gasteiger partial charge in [-0.15, -0.1) is 0 Å². The Morgan fingerprint density at radius 3 is 2.85 bits per heavy atom. The van der Waals surface area contributed by atoms with Crippen LogP contribution in [0.1, 0.15) is 27.2 Å². The van der Waals surface area contributed by atoms with Gasteiger partial charge in [-0.2, -0.15) is 0 Å². The lowest BCUT2D eigenvalue weighted by Gasteiger charge is -2.34. The molecule has 0 aromatic heterocycles. The molecule has 2 atom stereocenters. The summed E-state index contributed by atoms with van der Waals surface area (Å²) in [6.45, 7) is 6.19. The van der Waals surface area contributed by atoms with E-state index in [9.17, 15) is 5.11 Å². The van der Waals surface area contributed by atoms with Gasteiger partial charge in [0.05, 0.1) is 6.10 Å². The molecule has 1 nitrogen and oxygen atoms in total. The summed E-state index contributed by atoms with van der Waals surface area (Å²) in [4.78, 5) is 0. The van der Waals surface area contributed by atoms with Crippen molar-refractivity contribution in [1.29, 1.82) is 0 Å². The van der Waals surface area contributed by atoms with Crippen LogP contribution in [0.2, 0.25) is 0 Å². The molecule has 13 heavy (non-hydrogen) atoms. The van der Waals surface area contributed by atoms with Crippen LogP contribution in [0.3, 0.4) is 0 Å². The molecule has 0 aromatic carbocycles. The minimum absolute atomic E-state index is 0.196. The summed E-state index contributed by atoms with van der Waals surface area (Å²) in [6, 6.07) is 0. The summed E-state index contributed by atoms with van der Waals surface area (Å²) in [7, 11) is 0. The number of aliphatic hydroxyl groups is 1. The zero-order valence-electron chi connectivity index (χ0n) is 8.62. The molecule has 0 aromatic rings. The van der Waals surface area contributed by atoms with Crippen LogP contribution in [0.15, 0.2) is 36.0 Å². The molecular formula is C12H18O. The first-order chi connectivity index (χ1) is 6.15. The summed E-state index contributed by atoms with van der Waals surface area (Å²) in [5.41, 5.74) is 1.10. The van der Waals surface area contributed by atoms with Crippen LogP contribution in [0, 0.1) is 5.41 Å². The van der Waals surface area contributed by atoms with Crippen molar-refractivity contribution in [1.82, 2.24) is 0 Å². The third kappa shape index (κ3) is 1.75. The quantitative estimate of drug-likeness (QED) is 0.645. The molecule has 0 saturated carbocycles. The molecule has 0 aliphatic heterocycles. The van der Waals surface area contributed by atoms with E-state index in [-0.39, 0.29) is 11.5 Å². The van der Waals surface area contributed by atoms with E-state index < -0.39 is 0 Å². The van der Waals surface area contributed by atoms with Crippen molar-refractivity contribution in [2.75, 3.05) is 0 Å². The van der Waals surface area contributed by atoms with Gasteiger partial charge in [0.15, 0.2) is 0 Å². The van der Waals surface area contributed by atoms with E-state index in [0.29, 0.717) is 0 Å². The smallest absolute Gasteiger partial charge is 0.0849 e. The Morgan fingerprint density at radius 2 is 2.31 bits per heavy atom. The average Bonchev–Trinajstić information content (AvgIpc) is 2.10. The molecule has 1 aliphatic rings. The second kappa shape index (κ2) is 3.93. The first-order valence-electron chi connectivity index (χ1n) is 4.85. The van der Waals surface area contributed by atoms with Crippen LogP contribution in [-0.2, 0) is 0 Å². The van der Waals surface area contributed by atoms with E-state index in [1.807, 2.05) is 25.2 Å². The Labute approximate surface area is 80.5 Å². The van der Waals surface area contributed by atoms with Crippen LogP contribution in [0.25, 0.3) is 0 Å². The van der Waals surface area contributed by atoms with Crippen molar-refractivity contribution in [3.8, 4) is 0 Å². The van der Waals surface area contributed by atoms with Gasteiger partial charge >= 0.3 is 0 Å².